The van der Waals surface area contributed by atoms with Gasteiger partial charge in [-0.3, -0.25) is 4.99 Å². The molecule has 0 heterocycles. The second-order valence-corrected chi connectivity index (χ2v) is 11.0. The summed E-state index contributed by atoms with van der Waals surface area (Å²) in [6.07, 6.45) is 6.76. The van der Waals surface area contributed by atoms with Crippen LogP contribution in [0.25, 0.3) is 0 Å². The van der Waals surface area contributed by atoms with Crippen molar-refractivity contribution in [3.8, 4) is 0 Å². The van der Waals surface area contributed by atoms with Crippen LogP contribution in [0.1, 0.15) is 39.0 Å². The lowest BCUT2D eigenvalue weighted by molar-refractivity contribution is 0.562. The number of nitrogens with zero attached hydrogens (tertiary/aromatic N) is 1. The first kappa shape index (κ1) is 24.6. The van der Waals surface area contributed by atoms with Crippen LogP contribution in [0.5, 0.6) is 0 Å². The van der Waals surface area contributed by atoms with Crippen molar-refractivity contribution in [2.75, 3.05) is 25.6 Å². The van der Waals surface area contributed by atoms with E-state index in [-0.39, 0.29) is 40.5 Å². The van der Waals surface area contributed by atoms with Gasteiger partial charge in [-0.2, -0.15) is 0 Å². The lowest BCUT2D eigenvalue weighted by Crippen LogP contribution is -2.47. The van der Waals surface area contributed by atoms with Gasteiger partial charge >= 0.3 is 0 Å². The predicted molar refractivity (Wildman–Crippen MR) is 127 cm³/mol. The standard InChI is InChI=1S/C19H31N3O2S2.HI/c1-16(11-14-26(3,23)24)22-18(20-2)21-15-19(12-7-8-13-19)25-17-9-5-4-6-10-17;/h4-6,9-10,16H,7-8,11-15H2,1-3H3,(H2,20,21,22);1H. The van der Waals surface area contributed by atoms with Crippen molar-refractivity contribution in [2.24, 2.45) is 4.99 Å². The van der Waals surface area contributed by atoms with Gasteiger partial charge in [-0.05, 0) is 38.3 Å². The zero-order valence-electron chi connectivity index (χ0n) is 16.4. The van der Waals surface area contributed by atoms with E-state index < -0.39 is 9.84 Å². The quantitative estimate of drug-likeness (QED) is 0.308. The Morgan fingerprint density at radius 2 is 1.89 bits per heavy atom. The SMILES string of the molecule is CN=C(NCC1(Sc2ccccc2)CCCC1)NC(C)CCS(C)(=O)=O.I. The molecule has 1 saturated carbocycles. The van der Waals surface area contributed by atoms with Gasteiger partial charge in [0.25, 0.3) is 0 Å². The minimum absolute atomic E-state index is 0. The van der Waals surface area contributed by atoms with Crippen LogP contribution >= 0.6 is 35.7 Å². The van der Waals surface area contributed by atoms with E-state index in [4.69, 9.17) is 0 Å². The van der Waals surface area contributed by atoms with Gasteiger partial charge in [0.05, 0.1) is 5.75 Å². The minimum atomic E-state index is -2.94. The van der Waals surface area contributed by atoms with Crippen LogP contribution in [0, 0.1) is 0 Å². The van der Waals surface area contributed by atoms with E-state index in [1.807, 2.05) is 24.8 Å². The van der Waals surface area contributed by atoms with E-state index in [1.165, 1.54) is 36.8 Å². The normalized spacial score (nSPS) is 17.8. The first-order valence-corrected chi connectivity index (χ1v) is 12.1. The summed E-state index contributed by atoms with van der Waals surface area (Å²) in [4.78, 5) is 5.61. The summed E-state index contributed by atoms with van der Waals surface area (Å²) in [5.41, 5.74) is 0. The van der Waals surface area contributed by atoms with Gasteiger partial charge in [0.15, 0.2) is 5.96 Å². The molecule has 1 fully saturated rings. The molecule has 0 bridgehead atoms. The number of hydrogen-bond acceptors (Lipinski definition) is 4. The molecule has 0 radical (unpaired) electrons. The number of rotatable bonds is 8. The fourth-order valence-electron chi connectivity index (χ4n) is 3.21. The number of thioether (sulfide) groups is 1. The Bertz CT molecular complexity index is 690. The summed E-state index contributed by atoms with van der Waals surface area (Å²) in [6, 6.07) is 10.6. The molecule has 0 aromatic heterocycles. The first-order valence-electron chi connectivity index (χ1n) is 9.21. The lowest BCUT2D eigenvalue weighted by Gasteiger charge is -2.30. The third-order valence-corrected chi connectivity index (χ3v) is 7.17. The van der Waals surface area contributed by atoms with Crippen LogP contribution in [0.15, 0.2) is 40.2 Å². The molecule has 1 aromatic carbocycles. The van der Waals surface area contributed by atoms with Crippen LogP contribution in [0.2, 0.25) is 0 Å². The second kappa shape index (κ2) is 11.5. The molecule has 0 spiro atoms. The summed E-state index contributed by atoms with van der Waals surface area (Å²) >= 11 is 1.96. The number of nitrogens with one attached hydrogen (secondary N) is 2. The largest absolute Gasteiger partial charge is 0.355 e. The summed E-state index contributed by atoms with van der Waals surface area (Å²) in [5, 5.41) is 6.78. The molecule has 1 aromatic rings. The Kier molecular flexibility index (Phi) is 10.5. The number of halogens is 1. The third kappa shape index (κ3) is 9.04. The van der Waals surface area contributed by atoms with E-state index in [9.17, 15) is 8.42 Å². The van der Waals surface area contributed by atoms with E-state index in [0.29, 0.717) is 6.42 Å². The van der Waals surface area contributed by atoms with Crippen molar-refractivity contribution < 1.29 is 8.42 Å². The maximum atomic E-state index is 11.3. The highest BCUT2D eigenvalue weighted by Crippen LogP contribution is 2.44. The first-order chi connectivity index (χ1) is 12.3. The van der Waals surface area contributed by atoms with Crippen molar-refractivity contribution in [2.45, 2.75) is 54.7 Å². The topological polar surface area (TPSA) is 70.6 Å². The Morgan fingerprint density at radius 1 is 1.26 bits per heavy atom. The molecule has 1 unspecified atom stereocenters. The van der Waals surface area contributed by atoms with E-state index in [0.717, 1.165) is 12.5 Å². The molecule has 5 nitrogen and oxygen atoms in total. The Labute approximate surface area is 185 Å². The molecule has 1 atom stereocenters. The van der Waals surface area contributed by atoms with Gasteiger partial charge in [0.1, 0.15) is 9.84 Å². The van der Waals surface area contributed by atoms with Crippen LogP contribution in [-0.4, -0.2) is 50.8 Å². The average molecular weight is 526 g/mol. The van der Waals surface area contributed by atoms with Gasteiger partial charge in [0, 0.05) is 35.5 Å². The molecule has 0 aliphatic heterocycles. The fraction of sp³-hybridized carbons (Fsp3) is 0.632. The highest BCUT2D eigenvalue weighted by molar-refractivity contribution is 14.0. The van der Waals surface area contributed by atoms with Crippen molar-refractivity contribution in [1.29, 1.82) is 0 Å². The van der Waals surface area contributed by atoms with Crippen molar-refractivity contribution in [3.63, 3.8) is 0 Å². The monoisotopic (exact) mass is 525 g/mol. The summed E-state index contributed by atoms with van der Waals surface area (Å²) < 4.78 is 22.8. The molecule has 154 valence electrons. The molecule has 8 heteroatoms. The molecule has 0 amide bonds. The molecule has 1 aliphatic carbocycles. The Hall–Kier alpha value is -0.480. The van der Waals surface area contributed by atoms with Gasteiger partial charge < -0.3 is 10.6 Å². The molecule has 2 N–H and O–H groups in total. The number of sulfone groups is 1. The number of guanidine groups is 1. The van der Waals surface area contributed by atoms with Gasteiger partial charge in [-0.15, -0.1) is 35.7 Å². The minimum Gasteiger partial charge on any atom is -0.355 e. The Balaban J connectivity index is 0.00000364. The molecular weight excluding hydrogens is 493 g/mol. The van der Waals surface area contributed by atoms with E-state index >= 15 is 0 Å². The van der Waals surface area contributed by atoms with Gasteiger partial charge in [-0.25, -0.2) is 8.42 Å². The van der Waals surface area contributed by atoms with Crippen molar-refractivity contribution in [1.82, 2.24) is 10.6 Å². The number of aliphatic imine (C=N–C) groups is 1. The van der Waals surface area contributed by atoms with Crippen LogP contribution in [0.3, 0.4) is 0 Å². The fourth-order valence-corrected chi connectivity index (χ4v) is 5.42. The summed E-state index contributed by atoms with van der Waals surface area (Å²) in [7, 11) is -1.18. The highest BCUT2D eigenvalue weighted by atomic mass is 127. The predicted octanol–water partition coefficient (Wildman–Crippen LogP) is 3.70. The molecule has 2 rings (SSSR count). The number of hydrogen-bond donors (Lipinski definition) is 2. The smallest absolute Gasteiger partial charge is 0.191 e. The van der Waals surface area contributed by atoms with Crippen molar-refractivity contribution in [3.05, 3.63) is 30.3 Å². The maximum absolute atomic E-state index is 11.3. The highest BCUT2D eigenvalue weighted by Gasteiger charge is 2.35. The van der Waals surface area contributed by atoms with Gasteiger partial charge in [-0.1, -0.05) is 31.0 Å². The van der Waals surface area contributed by atoms with Crippen LogP contribution in [0.4, 0.5) is 0 Å². The number of benzene rings is 1. The Morgan fingerprint density at radius 3 is 2.44 bits per heavy atom. The van der Waals surface area contributed by atoms with Crippen LogP contribution in [-0.2, 0) is 9.84 Å². The average Bonchev–Trinajstić information content (AvgIpc) is 3.06. The van der Waals surface area contributed by atoms with Crippen molar-refractivity contribution >= 4 is 51.5 Å². The molecule has 1 aliphatic rings. The molecule has 0 saturated heterocycles. The third-order valence-electron chi connectivity index (χ3n) is 4.70. The zero-order valence-corrected chi connectivity index (χ0v) is 20.4. The molecule has 27 heavy (non-hydrogen) atoms. The lowest BCUT2D eigenvalue weighted by atomic mass is 10.1. The van der Waals surface area contributed by atoms with E-state index in [1.54, 1.807) is 7.05 Å². The second-order valence-electron chi connectivity index (χ2n) is 7.19. The van der Waals surface area contributed by atoms with Gasteiger partial charge in [0.2, 0.25) is 0 Å². The zero-order chi connectivity index (χ0) is 19.0. The van der Waals surface area contributed by atoms with Crippen LogP contribution < -0.4 is 10.6 Å². The summed E-state index contributed by atoms with van der Waals surface area (Å²) in [6.45, 7) is 2.84. The molecular formula is C19H32IN3O2S2. The van der Waals surface area contributed by atoms with E-state index in [2.05, 4.69) is 39.9 Å². The summed E-state index contributed by atoms with van der Waals surface area (Å²) in [5.74, 6) is 0.928. The maximum Gasteiger partial charge on any atom is 0.191 e.